The number of fused-ring (bicyclic) bond motifs is 3. The van der Waals surface area contributed by atoms with E-state index in [2.05, 4.69) is 74.4 Å². The molecule has 0 aliphatic heterocycles. The zero-order valence-electron chi connectivity index (χ0n) is 18.6. The van der Waals surface area contributed by atoms with E-state index in [-0.39, 0.29) is 0 Å². The van der Waals surface area contributed by atoms with Crippen LogP contribution < -0.4 is 0 Å². The van der Waals surface area contributed by atoms with Gasteiger partial charge in [0, 0.05) is 10.8 Å². The van der Waals surface area contributed by atoms with Gasteiger partial charge in [-0.1, -0.05) is 58.4 Å². The first-order valence-electron chi connectivity index (χ1n) is 11.1. The molecule has 0 radical (unpaired) electrons. The van der Waals surface area contributed by atoms with E-state index < -0.39 is 0 Å². The fourth-order valence-electron chi connectivity index (χ4n) is 4.08. The average Bonchev–Trinajstić information content (AvgIpc) is 3.06. The second-order valence-electron chi connectivity index (χ2n) is 7.87. The Kier molecular flexibility index (Phi) is 7.19. The molecule has 29 heavy (non-hydrogen) atoms. The van der Waals surface area contributed by atoms with Crippen molar-refractivity contribution >= 4 is 27.5 Å². The number of nitrogens with zero attached hydrogens (tertiary/aromatic N) is 1. The number of hydrogen-bond acceptors (Lipinski definition) is 1. The van der Waals surface area contributed by atoms with Crippen LogP contribution in [0.15, 0.2) is 54.8 Å². The van der Waals surface area contributed by atoms with Crippen LogP contribution in [0.1, 0.15) is 64.0 Å². The molecule has 2 nitrogen and oxygen atoms in total. The van der Waals surface area contributed by atoms with Gasteiger partial charge in [-0.15, -0.1) is 0 Å². The van der Waals surface area contributed by atoms with Crippen LogP contribution in [-0.4, -0.2) is 11.7 Å². The van der Waals surface area contributed by atoms with Gasteiger partial charge in [0.15, 0.2) is 0 Å². The van der Waals surface area contributed by atoms with E-state index in [1.807, 2.05) is 0 Å². The van der Waals surface area contributed by atoms with Gasteiger partial charge in [0.05, 0.1) is 23.8 Å². The van der Waals surface area contributed by atoms with Crippen molar-refractivity contribution in [1.29, 1.82) is 0 Å². The normalized spacial score (nSPS) is 12.1. The lowest BCUT2D eigenvalue weighted by Crippen LogP contribution is -2.01. The summed E-state index contributed by atoms with van der Waals surface area (Å²) in [5.41, 5.74) is 6.34. The van der Waals surface area contributed by atoms with Crippen LogP contribution in [0.3, 0.4) is 0 Å². The zero-order chi connectivity index (χ0) is 20.8. The number of aromatic nitrogens is 1. The van der Waals surface area contributed by atoms with Crippen molar-refractivity contribution in [2.24, 2.45) is 0 Å². The van der Waals surface area contributed by atoms with Gasteiger partial charge in [-0.05, 0) is 67.5 Å². The van der Waals surface area contributed by atoms with Crippen LogP contribution >= 0.6 is 0 Å². The highest BCUT2D eigenvalue weighted by atomic mass is 16.5. The number of unbranched alkanes of at least 4 members (excludes halogenated alkanes) is 2. The van der Waals surface area contributed by atoms with Gasteiger partial charge in [0.2, 0.25) is 0 Å². The molecule has 154 valence electrons. The number of aryl methyl sites for hydroxylation is 2. The van der Waals surface area contributed by atoms with Crippen molar-refractivity contribution in [2.75, 3.05) is 7.11 Å². The van der Waals surface area contributed by atoms with Gasteiger partial charge >= 0.3 is 0 Å². The van der Waals surface area contributed by atoms with Crippen molar-refractivity contribution in [3.8, 4) is 0 Å². The topological polar surface area (TPSA) is 14.2 Å². The minimum Gasteiger partial charge on any atom is -0.495 e. The molecular formula is C27H35NO. The predicted octanol–water partition coefficient (Wildman–Crippen LogP) is 7.89. The minimum atomic E-state index is 0.704. The Balaban J connectivity index is 2.28. The maximum atomic E-state index is 5.56. The van der Waals surface area contributed by atoms with Crippen LogP contribution in [0, 0.1) is 0 Å². The Hall–Kier alpha value is -2.48. The highest BCUT2D eigenvalue weighted by Crippen LogP contribution is 2.35. The molecule has 2 aromatic carbocycles. The average molecular weight is 390 g/mol. The lowest BCUT2D eigenvalue weighted by molar-refractivity contribution is 0.310. The second-order valence-corrected chi connectivity index (χ2v) is 7.87. The summed E-state index contributed by atoms with van der Waals surface area (Å²) in [5, 5.41) is 2.66. The quantitative estimate of drug-likeness (QED) is 0.254. The molecule has 0 spiro atoms. The van der Waals surface area contributed by atoms with Crippen LogP contribution in [0.5, 0.6) is 0 Å². The fourth-order valence-corrected chi connectivity index (χ4v) is 4.08. The summed E-state index contributed by atoms with van der Waals surface area (Å²) in [4.78, 5) is 0. The van der Waals surface area contributed by atoms with Crippen LogP contribution in [0.2, 0.25) is 0 Å². The number of rotatable bonds is 10. The van der Waals surface area contributed by atoms with E-state index in [4.69, 9.17) is 4.74 Å². The maximum absolute atomic E-state index is 5.56. The molecule has 0 aliphatic rings. The fraction of sp³-hybridized carbons (Fsp3) is 0.407. The lowest BCUT2D eigenvalue weighted by Gasteiger charge is -2.14. The monoisotopic (exact) mass is 389 g/mol. The summed E-state index contributed by atoms with van der Waals surface area (Å²) in [5.74, 6) is 0.704. The van der Waals surface area contributed by atoms with Crippen molar-refractivity contribution in [3.05, 3.63) is 65.9 Å². The molecule has 2 heteroatoms. The van der Waals surface area contributed by atoms with E-state index in [0.29, 0.717) is 5.76 Å². The smallest absolute Gasteiger partial charge is 0.135 e. The molecule has 0 atom stereocenters. The zero-order valence-corrected chi connectivity index (χ0v) is 18.6. The van der Waals surface area contributed by atoms with E-state index in [1.165, 1.54) is 58.6 Å². The third-order valence-corrected chi connectivity index (χ3v) is 5.70. The van der Waals surface area contributed by atoms with Gasteiger partial charge in [-0.3, -0.25) is 0 Å². The molecule has 0 bridgehead atoms. The molecule has 3 aromatic rings. The molecule has 0 saturated carbocycles. The summed E-state index contributed by atoms with van der Waals surface area (Å²) in [7, 11) is 1.70. The van der Waals surface area contributed by atoms with Crippen molar-refractivity contribution < 1.29 is 4.74 Å². The highest BCUT2D eigenvalue weighted by Gasteiger charge is 2.16. The van der Waals surface area contributed by atoms with Crippen molar-refractivity contribution in [1.82, 2.24) is 4.57 Å². The minimum absolute atomic E-state index is 0.704. The summed E-state index contributed by atoms with van der Waals surface area (Å²) in [6, 6.07) is 13.9. The van der Waals surface area contributed by atoms with E-state index in [1.54, 1.807) is 7.11 Å². The van der Waals surface area contributed by atoms with E-state index in [9.17, 15) is 0 Å². The molecule has 3 rings (SSSR count). The van der Waals surface area contributed by atoms with Crippen LogP contribution in [0.25, 0.3) is 27.5 Å². The first kappa shape index (κ1) is 21.2. The number of benzene rings is 2. The Labute approximate surface area is 175 Å². The molecular weight excluding hydrogens is 354 g/mol. The molecule has 0 amide bonds. The maximum Gasteiger partial charge on any atom is 0.135 e. The standard InChI is InChI=1S/C27H35NO/c1-6-9-12-21-14-16-26-23(18-21)24-19-22(13-10-7-2)15-17-27(24)28(26)25(11-8-3)20(4)29-5/h11,14-19H,4,6-10,12-13H2,1-3,5H3/b25-11+. The van der Waals surface area contributed by atoms with Crippen LogP contribution in [-0.2, 0) is 17.6 Å². The summed E-state index contributed by atoms with van der Waals surface area (Å²) >= 11 is 0. The Bertz CT molecular complexity index is 957. The number of hydrogen-bond donors (Lipinski definition) is 0. The molecule has 0 fully saturated rings. The predicted molar refractivity (Wildman–Crippen MR) is 127 cm³/mol. The number of allylic oxidation sites excluding steroid dienone is 2. The molecule has 1 heterocycles. The number of ether oxygens (including phenoxy) is 1. The van der Waals surface area contributed by atoms with Gasteiger partial charge < -0.3 is 9.30 Å². The molecule has 0 N–H and O–H groups in total. The van der Waals surface area contributed by atoms with E-state index in [0.717, 1.165) is 25.0 Å². The van der Waals surface area contributed by atoms with Crippen LogP contribution in [0.4, 0.5) is 0 Å². The number of methoxy groups -OCH3 is 1. The largest absolute Gasteiger partial charge is 0.495 e. The van der Waals surface area contributed by atoms with Gasteiger partial charge in [-0.2, -0.15) is 0 Å². The summed E-state index contributed by atoms with van der Waals surface area (Å²) in [6.07, 6.45) is 10.3. The second kappa shape index (κ2) is 9.82. The van der Waals surface area contributed by atoms with Gasteiger partial charge in [0.25, 0.3) is 0 Å². The van der Waals surface area contributed by atoms with E-state index >= 15 is 0 Å². The Morgan fingerprint density at radius 1 is 0.897 bits per heavy atom. The summed E-state index contributed by atoms with van der Waals surface area (Å²) in [6.45, 7) is 10.8. The SMILES string of the molecule is C=C(OC)/C(=C\CC)n1c2ccc(CCCC)cc2c2cc(CCCC)ccc21. The first-order chi connectivity index (χ1) is 14.1. The Morgan fingerprint density at radius 3 is 1.83 bits per heavy atom. The first-order valence-corrected chi connectivity index (χ1v) is 11.1. The van der Waals surface area contributed by atoms with Gasteiger partial charge in [-0.25, -0.2) is 0 Å². The van der Waals surface area contributed by atoms with Crippen molar-refractivity contribution in [3.63, 3.8) is 0 Å². The highest BCUT2D eigenvalue weighted by molar-refractivity contribution is 6.11. The van der Waals surface area contributed by atoms with Gasteiger partial charge in [0.1, 0.15) is 5.76 Å². The third-order valence-electron chi connectivity index (χ3n) is 5.70. The molecule has 1 aromatic heterocycles. The molecule has 0 unspecified atom stereocenters. The lowest BCUT2D eigenvalue weighted by atomic mass is 10.0. The molecule has 0 saturated heterocycles. The Morgan fingerprint density at radius 2 is 1.41 bits per heavy atom. The van der Waals surface area contributed by atoms with Crippen molar-refractivity contribution in [2.45, 2.75) is 65.7 Å². The molecule has 0 aliphatic carbocycles. The third kappa shape index (κ3) is 4.42. The summed E-state index contributed by atoms with van der Waals surface area (Å²) < 4.78 is 7.88.